The van der Waals surface area contributed by atoms with Crippen LogP contribution in [0.25, 0.3) is 0 Å². The van der Waals surface area contributed by atoms with E-state index in [-0.39, 0.29) is 6.61 Å². The maximum Gasteiger partial charge on any atom is 0.304 e. The number of ether oxygens (including phenoxy) is 5. The molecule has 0 amide bonds. The third-order valence-corrected chi connectivity index (χ3v) is 3.28. The summed E-state index contributed by atoms with van der Waals surface area (Å²) in [5.74, 6) is -2.97. The van der Waals surface area contributed by atoms with Gasteiger partial charge in [0.25, 0.3) is 0 Å². The Kier molecular flexibility index (Phi) is 7.15. The van der Waals surface area contributed by atoms with Gasteiger partial charge in [-0.2, -0.15) is 0 Å². The summed E-state index contributed by atoms with van der Waals surface area (Å²) in [5, 5.41) is 0. The van der Waals surface area contributed by atoms with Crippen molar-refractivity contribution in [2.24, 2.45) is 5.92 Å². The number of esters is 4. The fraction of sp³-hybridized carbons (Fsp3) is 0.733. The smallest absolute Gasteiger partial charge is 0.304 e. The summed E-state index contributed by atoms with van der Waals surface area (Å²) in [4.78, 5) is 45.1. The lowest BCUT2D eigenvalue weighted by atomic mass is 9.92. The van der Waals surface area contributed by atoms with Crippen molar-refractivity contribution in [1.29, 1.82) is 0 Å². The highest BCUT2D eigenvalue weighted by atomic mass is 16.7. The number of rotatable bonds is 5. The minimum atomic E-state index is -1.04. The predicted octanol–water partition coefficient (Wildman–Crippen LogP) is 0.337. The SMILES string of the molecule is CC(=O)OCC1OC(OC(C)=O)[C@H](C)[C@@H](OC(C)=O)[C@@H]1OC(C)=O. The molecule has 5 atom stereocenters. The molecule has 1 aliphatic heterocycles. The Labute approximate surface area is 139 Å². The fourth-order valence-electron chi connectivity index (χ4n) is 2.37. The average Bonchev–Trinajstić information content (AvgIpc) is 2.42. The Balaban J connectivity index is 3.08. The van der Waals surface area contributed by atoms with Crippen LogP contribution in [0.5, 0.6) is 0 Å². The molecule has 1 saturated heterocycles. The molecule has 0 N–H and O–H groups in total. The molecular weight excluding hydrogens is 324 g/mol. The van der Waals surface area contributed by atoms with E-state index in [1.807, 2.05) is 0 Å². The lowest BCUT2D eigenvalue weighted by Gasteiger charge is -2.43. The van der Waals surface area contributed by atoms with Gasteiger partial charge in [-0.25, -0.2) is 0 Å². The first-order valence-corrected chi connectivity index (χ1v) is 7.42. The molecular formula is C15H22O9. The summed E-state index contributed by atoms with van der Waals surface area (Å²) in [7, 11) is 0. The van der Waals surface area contributed by atoms with Crippen LogP contribution in [-0.4, -0.2) is 55.1 Å². The molecule has 1 rings (SSSR count). The number of carbonyl (C=O) groups excluding carboxylic acids is 4. The highest BCUT2D eigenvalue weighted by molar-refractivity contribution is 5.68. The summed E-state index contributed by atoms with van der Waals surface area (Å²) < 4.78 is 26.0. The van der Waals surface area contributed by atoms with Crippen molar-refractivity contribution < 1.29 is 42.9 Å². The molecule has 136 valence electrons. The third-order valence-electron chi connectivity index (χ3n) is 3.28. The van der Waals surface area contributed by atoms with Gasteiger partial charge in [0.05, 0.1) is 5.92 Å². The van der Waals surface area contributed by atoms with Crippen LogP contribution in [0.1, 0.15) is 34.6 Å². The number of carbonyl (C=O) groups is 4. The second-order valence-electron chi connectivity index (χ2n) is 5.46. The van der Waals surface area contributed by atoms with Gasteiger partial charge in [0.15, 0.2) is 6.10 Å². The van der Waals surface area contributed by atoms with Crippen molar-refractivity contribution in [3.05, 3.63) is 0 Å². The minimum absolute atomic E-state index is 0.254. The predicted molar refractivity (Wildman–Crippen MR) is 77.3 cm³/mol. The van der Waals surface area contributed by atoms with Crippen LogP contribution in [0, 0.1) is 5.92 Å². The lowest BCUT2D eigenvalue weighted by Crippen LogP contribution is -2.58. The molecule has 0 aromatic carbocycles. The zero-order chi connectivity index (χ0) is 18.4. The molecule has 0 bridgehead atoms. The maximum absolute atomic E-state index is 11.4. The normalized spacial score (nSPS) is 29.3. The van der Waals surface area contributed by atoms with Crippen LogP contribution in [0.4, 0.5) is 0 Å². The highest BCUT2D eigenvalue weighted by Crippen LogP contribution is 2.31. The Hall–Kier alpha value is -2.16. The molecule has 0 aliphatic carbocycles. The zero-order valence-corrected chi connectivity index (χ0v) is 14.3. The summed E-state index contributed by atoms with van der Waals surface area (Å²) in [5.41, 5.74) is 0. The Bertz CT molecular complexity index is 485. The fourth-order valence-corrected chi connectivity index (χ4v) is 2.37. The van der Waals surface area contributed by atoms with E-state index in [2.05, 4.69) is 0 Å². The van der Waals surface area contributed by atoms with E-state index in [0.29, 0.717) is 0 Å². The van der Waals surface area contributed by atoms with E-state index in [1.54, 1.807) is 6.92 Å². The highest BCUT2D eigenvalue weighted by Gasteiger charge is 2.49. The van der Waals surface area contributed by atoms with Gasteiger partial charge in [-0.05, 0) is 0 Å². The van der Waals surface area contributed by atoms with Gasteiger partial charge in [0.1, 0.15) is 18.8 Å². The molecule has 0 aromatic rings. The summed E-state index contributed by atoms with van der Waals surface area (Å²) >= 11 is 0. The van der Waals surface area contributed by atoms with Gasteiger partial charge in [-0.15, -0.1) is 0 Å². The topological polar surface area (TPSA) is 114 Å². The van der Waals surface area contributed by atoms with Gasteiger partial charge in [-0.1, -0.05) is 6.92 Å². The van der Waals surface area contributed by atoms with Gasteiger partial charge in [-0.3, -0.25) is 19.2 Å². The number of hydrogen-bond donors (Lipinski definition) is 0. The van der Waals surface area contributed by atoms with Crippen molar-refractivity contribution >= 4 is 23.9 Å². The van der Waals surface area contributed by atoms with Crippen molar-refractivity contribution in [2.45, 2.75) is 59.2 Å². The molecule has 24 heavy (non-hydrogen) atoms. The second-order valence-corrected chi connectivity index (χ2v) is 5.46. The Morgan fingerprint density at radius 3 is 1.75 bits per heavy atom. The molecule has 1 fully saturated rings. The molecule has 0 saturated carbocycles. The largest absolute Gasteiger partial charge is 0.463 e. The molecule has 1 heterocycles. The van der Waals surface area contributed by atoms with E-state index < -0.39 is 54.4 Å². The monoisotopic (exact) mass is 346 g/mol. The van der Waals surface area contributed by atoms with Crippen LogP contribution in [0.15, 0.2) is 0 Å². The van der Waals surface area contributed by atoms with E-state index in [9.17, 15) is 19.2 Å². The molecule has 9 heteroatoms. The summed E-state index contributed by atoms with van der Waals surface area (Å²) in [6.45, 7) is 6.18. The molecule has 0 radical (unpaired) electrons. The summed E-state index contributed by atoms with van der Waals surface area (Å²) in [6, 6.07) is 0. The molecule has 2 unspecified atom stereocenters. The van der Waals surface area contributed by atoms with Crippen LogP contribution < -0.4 is 0 Å². The van der Waals surface area contributed by atoms with Gasteiger partial charge in [0.2, 0.25) is 6.29 Å². The minimum Gasteiger partial charge on any atom is -0.463 e. The van der Waals surface area contributed by atoms with Crippen molar-refractivity contribution in [2.75, 3.05) is 6.61 Å². The quantitative estimate of drug-likeness (QED) is 0.513. The van der Waals surface area contributed by atoms with Crippen molar-refractivity contribution in [3.63, 3.8) is 0 Å². The molecule has 0 spiro atoms. The van der Waals surface area contributed by atoms with Crippen LogP contribution >= 0.6 is 0 Å². The number of hydrogen-bond acceptors (Lipinski definition) is 9. The molecule has 0 aromatic heterocycles. The van der Waals surface area contributed by atoms with E-state index in [0.717, 1.165) is 0 Å². The van der Waals surface area contributed by atoms with Gasteiger partial charge in [0, 0.05) is 27.7 Å². The first kappa shape index (κ1) is 19.9. The third kappa shape index (κ3) is 5.80. The second kappa shape index (κ2) is 8.62. The zero-order valence-electron chi connectivity index (χ0n) is 14.3. The van der Waals surface area contributed by atoms with Crippen molar-refractivity contribution in [1.82, 2.24) is 0 Å². The van der Waals surface area contributed by atoms with Crippen molar-refractivity contribution in [3.8, 4) is 0 Å². The van der Waals surface area contributed by atoms with Crippen LogP contribution in [-0.2, 0) is 42.9 Å². The van der Waals surface area contributed by atoms with Crippen LogP contribution in [0.3, 0.4) is 0 Å². The summed E-state index contributed by atoms with van der Waals surface area (Å²) in [6.07, 6.45) is -3.93. The average molecular weight is 346 g/mol. The van der Waals surface area contributed by atoms with E-state index >= 15 is 0 Å². The van der Waals surface area contributed by atoms with Crippen LogP contribution in [0.2, 0.25) is 0 Å². The maximum atomic E-state index is 11.4. The Morgan fingerprint density at radius 1 is 0.792 bits per heavy atom. The lowest BCUT2D eigenvalue weighted by molar-refractivity contribution is -0.281. The standard InChI is InChI=1S/C15H22O9/c1-7-13(21-9(3)17)14(22-10(4)18)12(6-20-8(2)16)24-15(7)23-11(5)19/h7,12-15H,6H2,1-5H3/t7-,12?,13-,14-,15?/m1/s1. The van der Waals surface area contributed by atoms with Gasteiger partial charge >= 0.3 is 23.9 Å². The molecule has 9 nitrogen and oxygen atoms in total. The Morgan fingerprint density at radius 2 is 1.29 bits per heavy atom. The van der Waals surface area contributed by atoms with E-state index in [1.165, 1.54) is 27.7 Å². The molecule has 1 aliphatic rings. The van der Waals surface area contributed by atoms with Gasteiger partial charge < -0.3 is 23.7 Å². The first-order valence-electron chi connectivity index (χ1n) is 7.42. The first-order chi connectivity index (χ1) is 11.1. The van der Waals surface area contributed by atoms with E-state index in [4.69, 9.17) is 23.7 Å².